The van der Waals surface area contributed by atoms with Gasteiger partial charge in [-0.3, -0.25) is 4.79 Å². The highest BCUT2D eigenvalue weighted by molar-refractivity contribution is 5.96. The third-order valence-electron chi connectivity index (χ3n) is 3.97. The first-order valence-corrected chi connectivity index (χ1v) is 9.16. The van der Waals surface area contributed by atoms with Crippen molar-refractivity contribution in [3.8, 4) is 11.5 Å². The first-order valence-electron chi connectivity index (χ1n) is 9.16. The molecule has 0 radical (unpaired) electrons. The van der Waals surface area contributed by atoms with Crippen molar-refractivity contribution >= 4 is 23.6 Å². The molecular formula is C22H23F2NO5. The minimum atomic E-state index is -2.98. The van der Waals surface area contributed by atoms with Crippen LogP contribution in [0.25, 0.3) is 6.08 Å². The molecule has 0 spiro atoms. The molecule has 0 saturated heterocycles. The maximum absolute atomic E-state index is 12.5. The number of carbonyl (C=O) groups excluding carboxylic acids is 2. The average molecular weight is 419 g/mol. The number of halogens is 2. The van der Waals surface area contributed by atoms with E-state index < -0.39 is 19.2 Å². The van der Waals surface area contributed by atoms with E-state index in [2.05, 4.69) is 4.74 Å². The number of amides is 1. The summed E-state index contributed by atoms with van der Waals surface area (Å²) in [5, 5.41) is 0. The van der Waals surface area contributed by atoms with E-state index in [4.69, 9.17) is 9.47 Å². The standard InChI is InChI=1S/C22H23F2NO5/c1-15(2)25(17-7-5-4-6-8-17)20(26)14-29-21(27)12-10-16-9-11-18(30-22(23)24)19(13-16)28-3/h4-13,15,22H,14H2,1-3H3/b12-10+. The van der Waals surface area contributed by atoms with E-state index in [0.29, 0.717) is 11.3 Å². The summed E-state index contributed by atoms with van der Waals surface area (Å²) >= 11 is 0. The summed E-state index contributed by atoms with van der Waals surface area (Å²) in [5.74, 6) is -1.09. The number of methoxy groups -OCH3 is 1. The Balaban J connectivity index is 1.98. The van der Waals surface area contributed by atoms with Crippen LogP contribution in [0.1, 0.15) is 19.4 Å². The number of alkyl halides is 2. The number of hydrogen-bond donors (Lipinski definition) is 0. The van der Waals surface area contributed by atoms with Crippen LogP contribution in [0.2, 0.25) is 0 Å². The molecule has 2 aromatic rings. The minimum Gasteiger partial charge on any atom is -0.493 e. The van der Waals surface area contributed by atoms with Crippen LogP contribution >= 0.6 is 0 Å². The number of ether oxygens (including phenoxy) is 3. The molecule has 0 atom stereocenters. The number of rotatable bonds is 9. The van der Waals surface area contributed by atoms with Crippen LogP contribution in [0.15, 0.2) is 54.6 Å². The normalized spacial score (nSPS) is 11.0. The lowest BCUT2D eigenvalue weighted by atomic mass is 10.2. The lowest BCUT2D eigenvalue weighted by Gasteiger charge is -2.26. The van der Waals surface area contributed by atoms with Crippen LogP contribution in [-0.2, 0) is 14.3 Å². The Bertz CT molecular complexity index is 884. The molecule has 30 heavy (non-hydrogen) atoms. The Kier molecular flexibility index (Phi) is 8.34. The Morgan fingerprint density at radius 3 is 2.37 bits per heavy atom. The third-order valence-corrected chi connectivity index (χ3v) is 3.97. The SMILES string of the molecule is COc1cc(/C=C/C(=O)OCC(=O)N(c2ccccc2)C(C)C)ccc1OC(F)F. The number of para-hydroxylation sites is 1. The maximum Gasteiger partial charge on any atom is 0.387 e. The zero-order valence-electron chi connectivity index (χ0n) is 16.9. The number of carbonyl (C=O) groups is 2. The van der Waals surface area contributed by atoms with Crippen LogP contribution in [-0.4, -0.2) is 38.2 Å². The zero-order chi connectivity index (χ0) is 22.1. The van der Waals surface area contributed by atoms with E-state index in [1.54, 1.807) is 17.0 Å². The summed E-state index contributed by atoms with van der Waals surface area (Å²) in [6.07, 6.45) is 2.55. The van der Waals surface area contributed by atoms with Gasteiger partial charge in [0.2, 0.25) is 0 Å². The minimum absolute atomic E-state index is 0.0939. The Labute approximate surface area is 173 Å². The van der Waals surface area contributed by atoms with Crippen molar-refractivity contribution < 1.29 is 32.6 Å². The molecule has 0 fully saturated rings. The summed E-state index contributed by atoms with van der Waals surface area (Å²) in [6, 6.07) is 13.2. The smallest absolute Gasteiger partial charge is 0.387 e. The number of hydrogen-bond acceptors (Lipinski definition) is 5. The number of esters is 1. The summed E-state index contributed by atoms with van der Waals surface area (Å²) in [7, 11) is 1.31. The number of anilines is 1. The molecule has 8 heteroatoms. The average Bonchev–Trinajstić information content (AvgIpc) is 2.71. The fraction of sp³-hybridized carbons (Fsp3) is 0.273. The third kappa shape index (κ3) is 6.58. The zero-order valence-corrected chi connectivity index (χ0v) is 16.9. The molecule has 2 aromatic carbocycles. The maximum atomic E-state index is 12.5. The van der Waals surface area contributed by atoms with Crippen molar-refractivity contribution in [3.05, 3.63) is 60.2 Å². The Morgan fingerprint density at radius 1 is 1.07 bits per heavy atom. The fourth-order valence-electron chi connectivity index (χ4n) is 2.71. The van der Waals surface area contributed by atoms with Gasteiger partial charge in [-0.1, -0.05) is 24.3 Å². The highest BCUT2D eigenvalue weighted by atomic mass is 19.3. The van der Waals surface area contributed by atoms with E-state index in [9.17, 15) is 18.4 Å². The van der Waals surface area contributed by atoms with E-state index >= 15 is 0 Å². The molecule has 1 amide bonds. The van der Waals surface area contributed by atoms with Gasteiger partial charge >= 0.3 is 12.6 Å². The highest BCUT2D eigenvalue weighted by Gasteiger charge is 2.20. The van der Waals surface area contributed by atoms with Crippen molar-refractivity contribution in [2.24, 2.45) is 0 Å². The van der Waals surface area contributed by atoms with Crippen LogP contribution in [0, 0.1) is 0 Å². The molecule has 0 bridgehead atoms. The molecule has 0 heterocycles. The van der Waals surface area contributed by atoms with Crippen molar-refractivity contribution in [2.75, 3.05) is 18.6 Å². The van der Waals surface area contributed by atoms with Gasteiger partial charge < -0.3 is 19.1 Å². The molecular weight excluding hydrogens is 396 g/mol. The monoisotopic (exact) mass is 419 g/mol. The quantitative estimate of drug-likeness (QED) is 0.448. The molecule has 2 rings (SSSR count). The summed E-state index contributed by atoms with van der Waals surface area (Å²) < 4.78 is 39.1. The molecule has 0 N–H and O–H groups in total. The number of benzene rings is 2. The molecule has 0 aromatic heterocycles. The Morgan fingerprint density at radius 2 is 1.77 bits per heavy atom. The lowest BCUT2D eigenvalue weighted by molar-refractivity contribution is -0.143. The van der Waals surface area contributed by atoms with Crippen molar-refractivity contribution in [2.45, 2.75) is 26.5 Å². The van der Waals surface area contributed by atoms with Gasteiger partial charge in [-0.05, 0) is 49.8 Å². The summed E-state index contributed by atoms with van der Waals surface area (Å²) in [4.78, 5) is 26.0. The van der Waals surface area contributed by atoms with Crippen LogP contribution in [0.5, 0.6) is 11.5 Å². The second-order valence-corrected chi connectivity index (χ2v) is 6.42. The molecule has 0 unspecified atom stereocenters. The molecule has 0 saturated carbocycles. The van der Waals surface area contributed by atoms with Crippen LogP contribution < -0.4 is 14.4 Å². The lowest BCUT2D eigenvalue weighted by Crippen LogP contribution is -2.39. The first kappa shape index (κ1) is 22.9. The molecule has 0 aliphatic carbocycles. The summed E-state index contributed by atoms with van der Waals surface area (Å²) in [6.45, 7) is 0.331. The van der Waals surface area contributed by atoms with Gasteiger partial charge in [0.1, 0.15) is 0 Å². The highest BCUT2D eigenvalue weighted by Crippen LogP contribution is 2.29. The molecule has 160 valence electrons. The predicted molar refractivity (Wildman–Crippen MR) is 109 cm³/mol. The van der Waals surface area contributed by atoms with Crippen molar-refractivity contribution in [1.29, 1.82) is 0 Å². The Hall–Kier alpha value is -3.42. The van der Waals surface area contributed by atoms with E-state index in [1.165, 1.54) is 31.4 Å². The van der Waals surface area contributed by atoms with Gasteiger partial charge in [0.05, 0.1) is 7.11 Å². The van der Waals surface area contributed by atoms with E-state index in [1.807, 2.05) is 32.0 Å². The van der Waals surface area contributed by atoms with Crippen molar-refractivity contribution in [3.63, 3.8) is 0 Å². The van der Waals surface area contributed by atoms with Gasteiger partial charge in [-0.2, -0.15) is 8.78 Å². The summed E-state index contributed by atoms with van der Waals surface area (Å²) in [5.41, 5.74) is 1.21. The van der Waals surface area contributed by atoms with Gasteiger partial charge in [-0.15, -0.1) is 0 Å². The van der Waals surface area contributed by atoms with Crippen molar-refractivity contribution in [1.82, 2.24) is 0 Å². The largest absolute Gasteiger partial charge is 0.493 e. The predicted octanol–water partition coefficient (Wildman–Crippen LogP) is 4.29. The van der Waals surface area contributed by atoms with Gasteiger partial charge in [-0.25, -0.2) is 4.79 Å². The van der Waals surface area contributed by atoms with E-state index in [0.717, 1.165) is 6.08 Å². The second kappa shape index (κ2) is 10.9. The molecule has 6 nitrogen and oxygen atoms in total. The molecule has 0 aliphatic heterocycles. The topological polar surface area (TPSA) is 65.1 Å². The fourth-order valence-corrected chi connectivity index (χ4v) is 2.71. The van der Waals surface area contributed by atoms with Gasteiger partial charge in [0.25, 0.3) is 5.91 Å². The van der Waals surface area contributed by atoms with Gasteiger partial charge in [0.15, 0.2) is 18.1 Å². The van der Waals surface area contributed by atoms with Crippen LogP contribution in [0.4, 0.5) is 14.5 Å². The van der Waals surface area contributed by atoms with Gasteiger partial charge in [0, 0.05) is 17.8 Å². The first-order chi connectivity index (χ1) is 14.3. The number of nitrogens with zero attached hydrogens (tertiary/aromatic N) is 1. The molecule has 0 aliphatic rings. The van der Waals surface area contributed by atoms with E-state index in [-0.39, 0.29) is 23.4 Å². The second-order valence-electron chi connectivity index (χ2n) is 6.42. The van der Waals surface area contributed by atoms with Crippen LogP contribution in [0.3, 0.4) is 0 Å².